The van der Waals surface area contributed by atoms with E-state index >= 15 is 0 Å². The molecule has 0 N–H and O–H groups in total. The molecule has 1 aliphatic heterocycles. The van der Waals surface area contributed by atoms with Crippen molar-refractivity contribution in [3.8, 4) is 0 Å². The molecule has 144 valence electrons. The molecule has 1 fully saturated rings. The van der Waals surface area contributed by atoms with Gasteiger partial charge in [-0.2, -0.15) is 5.10 Å². The first-order valence-electron chi connectivity index (χ1n) is 9.37. The molecule has 3 heterocycles. The number of hydrogen-bond acceptors (Lipinski definition) is 5. The molecule has 1 atom stereocenters. The van der Waals surface area contributed by atoms with Gasteiger partial charge in [0.15, 0.2) is 0 Å². The molecule has 0 aliphatic carbocycles. The summed E-state index contributed by atoms with van der Waals surface area (Å²) in [4.78, 5) is 23.1. The minimum absolute atomic E-state index is 0.129. The molecule has 4 rings (SSSR count). The Labute approximate surface area is 164 Å². The van der Waals surface area contributed by atoms with Crippen molar-refractivity contribution in [3.05, 3.63) is 77.1 Å². The van der Waals surface area contributed by atoms with E-state index in [1.165, 1.54) is 18.0 Å². The van der Waals surface area contributed by atoms with Crippen LogP contribution >= 0.6 is 0 Å². The van der Waals surface area contributed by atoms with Gasteiger partial charge in [0, 0.05) is 30.2 Å². The fourth-order valence-corrected chi connectivity index (χ4v) is 3.75. The molecule has 1 amide bonds. The van der Waals surface area contributed by atoms with Crippen LogP contribution < -0.4 is 0 Å². The van der Waals surface area contributed by atoms with E-state index in [0.29, 0.717) is 32.0 Å². The Morgan fingerprint density at radius 2 is 2.04 bits per heavy atom. The van der Waals surface area contributed by atoms with Crippen LogP contribution in [-0.2, 0) is 11.3 Å². The standard InChI is InChI=1S/C21H23N5O2/c1-15-20(16(2)26(24-15)13-17-6-4-3-5-7-17)19-14-28-11-10-25(19)21(27)18-12-22-8-9-23-18/h3-9,12,19H,10-11,13-14H2,1-2H3. The predicted octanol–water partition coefficient (Wildman–Crippen LogP) is 2.55. The zero-order valence-electron chi connectivity index (χ0n) is 16.1. The number of aryl methyl sites for hydroxylation is 1. The van der Waals surface area contributed by atoms with Gasteiger partial charge in [-0.05, 0) is 19.4 Å². The van der Waals surface area contributed by atoms with E-state index in [9.17, 15) is 4.79 Å². The molecule has 0 radical (unpaired) electrons. The van der Waals surface area contributed by atoms with Crippen molar-refractivity contribution in [2.45, 2.75) is 26.4 Å². The fraction of sp³-hybridized carbons (Fsp3) is 0.333. The number of ether oxygens (including phenoxy) is 1. The number of carbonyl (C=O) groups excluding carboxylic acids is 1. The molecule has 28 heavy (non-hydrogen) atoms. The van der Waals surface area contributed by atoms with Gasteiger partial charge in [-0.3, -0.25) is 14.5 Å². The van der Waals surface area contributed by atoms with Gasteiger partial charge < -0.3 is 9.64 Å². The van der Waals surface area contributed by atoms with Crippen LogP contribution in [0.15, 0.2) is 48.9 Å². The van der Waals surface area contributed by atoms with Crippen molar-refractivity contribution in [2.75, 3.05) is 19.8 Å². The topological polar surface area (TPSA) is 73.1 Å². The van der Waals surface area contributed by atoms with Crippen molar-refractivity contribution < 1.29 is 9.53 Å². The van der Waals surface area contributed by atoms with E-state index in [2.05, 4.69) is 29.0 Å². The van der Waals surface area contributed by atoms with Crippen LogP contribution in [0, 0.1) is 13.8 Å². The van der Waals surface area contributed by atoms with Gasteiger partial charge >= 0.3 is 0 Å². The monoisotopic (exact) mass is 377 g/mol. The highest BCUT2D eigenvalue weighted by Crippen LogP contribution is 2.30. The minimum atomic E-state index is -0.187. The second kappa shape index (κ2) is 7.90. The summed E-state index contributed by atoms with van der Waals surface area (Å²) in [6, 6.07) is 10.0. The second-order valence-corrected chi connectivity index (χ2v) is 6.91. The largest absolute Gasteiger partial charge is 0.377 e. The van der Waals surface area contributed by atoms with Crippen LogP contribution in [0.2, 0.25) is 0 Å². The van der Waals surface area contributed by atoms with Crippen LogP contribution in [0.3, 0.4) is 0 Å². The lowest BCUT2D eigenvalue weighted by atomic mass is 10.0. The predicted molar refractivity (Wildman–Crippen MR) is 104 cm³/mol. The van der Waals surface area contributed by atoms with E-state index in [0.717, 1.165) is 17.0 Å². The first-order valence-corrected chi connectivity index (χ1v) is 9.37. The van der Waals surface area contributed by atoms with Crippen LogP contribution in [0.4, 0.5) is 0 Å². The van der Waals surface area contributed by atoms with Crippen LogP contribution in [0.5, 0.6) is 0 Å². The Kier molecular flexibility index (Phi) is 5.16. The number of benzene rings is 1. The van der Waals surface area contributed by atoms with Crippen LogP contribution in [0.25, 0.3) is 0 Å². The van der Waals surface area contributed by atoms with Gasteiger partial charge in [0.05, 0.1) is 37.7 Å². The molecular formula is C21H23N5O2. The first kappa shape index (κ1) is 18.3. The number of amides is 1. The molecule has 0 saturated carbocycles. The number of carbonyl (C=O) groups is 1. The smallest absolute Gasteiger partial charge is 0.274 e. The summed E-state index contributed by atoms with van der Waals surface area (Å²) < 4.78 is 7.72. The zero-order chi connectivity index (χ0) is 19.5. The zero-order valence-corrected chi connectivity index (χ0v) is 16.1. The third kappa shape index (κ3) is 3.53. The Morgan fingerprint density at radius 3 is 2.79 bits per heavy atom. The van der Waals surface area contributed by atoms with Crippen molar-refractivity contribution >= 4 is 5.91 Å². The third-order valence-corrected chi connectivity index (χ3v) is 5.12. The minimum Gasteiger partial charge on any atom is -0.377 e. The highest BCUT2D eigenvalue weighted by Gasteiger charge is 2.33. The molecule has 3 aromatic rings. The maximum atomic E-state index is 13.0. The Bertz CT molecular complexity index is 956. The number of morpholine rings is 1. The summed E-state index contributed by atoms with van der Waals surface area (Å²) in [6.07, 6.45) is 4.61. The maximum Gasteiger partial charge on any atom is 0.274 e. The van der Waals surface area contributed by atoms with E-state index in [1.54, 1.807) is 6.20 Å². The fourth-order valence-electron chi connectivity index (χ4n) is 3.75. The lowest BCUT2D eigenvalue weighted by Gasteiger charge is -2.35. The van der Waals surface area contributed by atoms with Crippen LogP contribution in [0.1, 0.15) is 39.0 Å². The lowest BCUT2D eigenvalue weighted by molar-refractivity contribution is -0.00339. The summed E-state index contributed by atoms with van der Waals surface area (Å²) in [5.41, 5.74) is 4.55. The van der Waals surface area contributed by atoms with Gasteiger partial charge in [0.25, 0.3) is 5.91 Å². The summed E-state index contributed by atoms with van der Waals surface area (Å²) >= 11 is 0. The highest BCUT2D eigenvalue weighted by atomic mass is 16.5. The van der Waals surface area contributed by atoms with Crippen LogP contribution in [-0.4, -0.2) is 50.3 Å². The molecule has 1 unspecified atom stereocenters. The number of hydrogen-bond donors (Lipinski definition) is 0. The average molecular weight is 377 g/mol. The number of nitrogens with zero attached hydrogens (tertiary/aromatic N) is 5. The van der Waals surface area contributed by atoms with E-state index in [-0.39, 0.29) is 11.9 Å². The van der Waals surface area contributed by atoms with Gasteiger partial charge in [-0.15, -0.1) is 0 Å². The summed E-state index contributed by atoms with van der Waals surface area (Å²) in [5.74, 6) is -0.129. The van der Waals surface area contributed by atoms with Gasteiger partial charge in [-0.25, -0.2) is 4.98 Å². The van der Waals surface area contributed by atoms with Gasteiger partial charge in [0.1, 0.15) is 5.69 Å². The Balaban J connectivity index is 1.65. The summed E-state index contributed by atoms with van der Waals surface area (Å²) in [6.45, 7) is 6.22. The van der Waals surface area contributed by atoms with E-state index < -0.39 is 0 Å². The molecular weight excluding hydrogens is 354 g/mol. The first-order chi connectivity index (χ1) is 13.6. The quantitative estimate of drug-likeness (QED) is 0.699. The highest BCUT2D eigenvalue weighted by molar-refractivity contribution is 5.92. The summed E-state index contributed by atoms with van der Waals surface area (Å²) in [7, 11) is 0. The summed E-state index contributed by atoms with van der Waals surface area (Å²) in [5, 5.41) is 4.74. The van der Waals surface area contributed by atoms with Crippen molar-refractivity contribution in [2.24, 2.45) is 0 Å². The molecule has 0 spiro atoms. The average Bonchev–Trinajstić information content (AvgIpc) is 3.01. The Hall–Kier alpha value is -3.06. The van der Waals surface area contributed by atoms with Gasteiger partial charge in [0.2, 0.25) is 0 Å². The van der Waals surface area contributed by atoms with Crippen molar-refractivity contribution in [3.63, 3.8) is 0 Å². The molecule has 0 bridgehead atoms. The van der Waals surface area contributed by atoms with Gasteiger partial charge in [-0.1, -0.05) is 30.3 Å². The molecule has 2 aromatic heterocycles. The van der Waals surface area contributed by atoms with Crippen molar-refractivity contribution in [1.29, 1.82) is 0 Å². The SMILES string of the molecule is Cc1nn(Cc2ccccc2)c(C)c1C1COCCN1C(=O)c1cnccn1. The van der Waals surface area contributed by atoms with E-state index in [4.69, 9.17) is 9.84 Å². The van der Waals surface area contributed by atoms with Crippen molar-refractivity contribution in [1.82, 2.24) is 24.6 Å². The molecule has 1 aromatic carbocycles. The molecule has 7 heteroatoms. The van der Waals surface area contributed by atoms with E-state index in [1.807, 2.05) is 34.7 Å². The normalized spacial score (nSPS) is 16.9. The molecule has 7 nitrogen and oxygen atoms in total. The Morgan fingerprint density at radius 1 is 1.21 bits per heavy atom. The number of rotatable bonds is 4. The second-order valence-electron chi connectivity index (χ2n) is 6.91. The lowest BCUT2D eigenvalue weighted by Crippen LogP contribution is -2.44. The molecule has 1 aliphatic rings. The third-order valence-electron chi connectivity index (χ3n) is 5.12. The number of aromatic nitrogens is 4. The molecule has 1 saturated heterocycles. The maximum absolute atomic E-state index is 13.0.